The number of fused-ring (bicyclic) bond motifs is 1. The molecule has 154 valence electrons. The Morgan fingerprint density at radius 2 is 1.47 bits per heavy atom. The molecule has 2 atom stereocenters. The Hall–Kier alpha value is -3.35. The van der Waals surface area contributed by atoms with Gasteiger partial charge >= 0.3 is 0 Å². The van der Waals surface area contributed by atoms with Crippen LogP contribution in [0.2, 0.25) is 0 Å². The number of hydrogen-bond acceptors (Lipinski definition) is 5. The van der Waals surface area contributed by atoms with Crippen molar-refractivity contribution in [1.29, 1.82) is 0 Å². The third kappa shape index (κ3) is 3.20. The first-order valence-electron chi connectivity index (χ1n) is 10.2. The quantitative estimate of drug-likeness (QED) is 0.647. The molecule has 0 bridgehead atoms. The van der Waals surface area contributed by atoms with Crippen LogP contribution in [0.1, 0.15) is 42.5 Å². The molecule has 2 heterocycles. The molecule has 0 unspecified atom stereocenters. The highest BCUT2D eigenvalue weighted by Gasteiger charge is 2.44. The Morgan fingerprint density at radius 3 is 2.00 bits per heavy atom. The van der Waals surface area contributed by atoms with E-state index in [9.17, 15) is 4.79 Å². The zero-order valence-electron chi connectivity index (χ0n) is 17.1. The number of aromatic nitrogens is 3. The third-order valence-corrected chi connectivity index (χ3v) is 5.99. The van der Waals surface area contributed by atoms with Gasteiger partial charge in [0.2, 0.25) is 11.9 Å². The molecule has 0 N–H and O–H groups in total. The highest BCUT2D eigenvalue weighted by molar-refractivity contribution is 5.96. The van der Waals surface area contributed by atoms with Crippen LogP contribution in [0.3, 0.4) is 0 Å². The number of carbonyl (C=O) groups excluding carboxylic acids is 1. The normalized spacial score (nSPS) is 20.5. The maximum Gasteiger partial charge on any atom is 0.233 e. The molecule has 2 aromatic carbocycles. The fourth-order valence-corrected chi connectivity index (χ4v) is 4.19. The predicted octanol–water partition coefficient (Wildman–Crippen LogP) is 3.77. The molecule has 1 aliphatic heterocycles. The second-order valence-corrected chi connectivity index (χ2v) is 7.80. The number of hydrogen-bond donors (Lipinski definition) is 0. The average Bonchev–Trinajstić information content (AvgIpc) is 3.54. The zero-order chi connectivity index (χ0) is 20.7. The fourth-order valence-electron chi connectivity index (χ4n) is 4.19. The molecular formula is C23H24N4O3. The van der Waals surface area contributed by atoms with Gasteiger partial charge in [0.05, 0.1) is 26.3 Å². The number of ether oxygens (including phenoxy) is 2. The molecule has 0 saturated heterocycles. The highest BCUT2D eigenvalue weighted by atomic mass is 16.5. The maximum atomic E-state index is 13.3. The summed E-state index contributed by atoms with van der Waals surface area (Å²) < 4.78 is 12.5. The van der Waals surface area contributed by atoms with Crippen LogP contribution in [0.5, 0.6) is 11.5 Å². The molecule has 2 aliphatic rings. The lowest BCUT2D eigenvalue weighted by atomic mass is 9.91. The molecule has 0 radical (unpaired) electrons. The fraction of sp³-hybridized carbons (Fsp3) is 0.348. The van der Waals surface area contributed by atoms with Gasteiger partial charge in [-0.05, 0) is 54.7 Å². The highest BCUT2D eigenvalue weighted by Crippen LogP contribution is 2.45. The van der Waals surface area contributed by atoms with Crippen LogP contribution in [0.15, 0.2) is 54.9 Å². The van der Waals surface area contributed by atoms with Crippen LogP contribution in [-0.2, 0) is 4.79 Å². The van der Waals surface area contributed by atoms with Crippen molar-refractivity contribution < 1.29 is 14.3 Å². The van der Waals surface area contributed by atoms with Crippen molar-refractivity contribution in [2.24, 2.45) is 5.92 Å². The van der Waals surface area contributed by atoms with E-state index in [2.05, 4.69) is 22.2 Å². The molecule has 1 fully saturated rings. The summed E-state index contributed by atoms with van der Waals surface area (Å²) in [5, 5.41) is 4.49. The van der Waals surface area contributed by atoms with Crippen LogP contribution < -0.4 is 14.4 Å². The lowest BCUT2D eigenvalue weighted by molar-refractivity contribution is -0.120. The summed E-state index contributed by atoms with van der Waals surface area (Å²) in [5.41, 5.74) is 2.18. The van der Waals surface area contributed by atoms with Crippen LogP contribution >= 0.6 is 0 Å². The first-order chi connectivity index (χ1) is 14.7. The summed E-state index contributed by atoms with van der Waals surface area (Å²) in [4.78, 5) is 19.6. The minimum Gasteiger partial charge on any atom is -0.497 e. The summed E-state index contributed by atoms with van der Waals surface area (Å²) in [5.74, 6) is 2.45. The van der Waals surface area contributed by atoms with Gasteiger partial charge in [-0.15, -0.1) is 0 Å². The Morgan fingerprint density at radius 1 is 0.900 bits per heavy atom. The van der Waals surface area contributed by atoms with Gasteiger partial charge in [0.15, 0.2) is 0 Å². The van der Waals surface area contributed by atoms with E-state index in [1.54, 1.807) is 14.2 Å². The van der Waals surface area contributed by atoms with Gasteiger partial charge in [-0.2, -0.15) is 10.1 Å². The summed E-state index contributed by atoms with van der Waals surface area (Å²) in [7, 11) is 3.31. The van der Waals surface area contributed by atoms with Crippen molar-refractivity contribution in [2.45, 2.75) is 31.3 Å². The zero-order valence-corrected chi connectivity index (χ0v) is 17.1. The van der Waals surface area contributed by atoms with Gasteiger partial charge in [-0.3, -0.25) is 9.69 Å². The number of benzene rings is 2. The van der Waals surface area contributed by atoms with Gasteiger partial charge in [-0.1, -0.05) is 24.3 Å². The SMILES string of the molecule is COc1ccc([C@H]2C[C@@H](c3ccc(OC)cc3)N(C(=O)C3CC3)c3ncnn32)cc1. The second kappa shape index (κ2) is 7.48. The number of rotatable bonds is 5. The van der Waals surface area contributed by atoms with E-state index >= 15 is 0 Å². The van der Waals surface area contributed by atoms with E-state index < -0.39 is 0 Å². The molecule has 1 amide bonds. The standard InChI is InChI=1S/C23H24N4O3/c1-29-18-9-5-15(6-10-18)20-13-21(16-7-11-19(30-2)12-8-16)27-23(24-14-25-27)26(20)22(28)17-3-4-17/h5-12,14,17,20-21H,3-4,13H2,1-2H3/t20-,21+/m0/s1. The summed E-state index contributed by atoms with van der Waals surface area (Å²) in [6, 6.07) is 15.8. The molecule has 5 rings (SSSR count). The number of amides is 1. The predicted molar refractivity (Wildman–Crippen MR) is 112 cm³/mol. The molecule has 30 heavy (non-hydrogen) atoms. The first-order valence-corrected chi connectivity index (χ1v) is 10.2. The molecule has 1 aliphatic carbocycles. The van der Waals surface area contributed by atoms with E-state index in [-0.39, 0.29) is 23.9 Å². The van der Waals surface area contributed by atoms with E-state index in [4.69, 9.17) is 9.47 Å². The number of nitrogens with zero attached hydrogens (tertiary/aromatic N) is 4. The Balaban J connectivity index is 1.58. The summed E-state index contributed by atoms with van der Waals surface area (Å²) in [6.07, 6.45) is 4.14. The Bertz CT molecular complexity index is 1040. The van der Waals surface area contributed by atoms with Gasteiger partial charge in [0.1, 0.15) is 17.8 Å². The third-order valence-electron chi connectivity index (χ3n) is 5.99. The van der Waals surface area contributed by atoms with Crippen LogP contribution in [0.4, 0.5) is 5.95 Å². The van der Waals surface area contributed by atoms with Gasteiger partial charge < -0.3 is 9.47 Å². The minimum atomic E-state index is -0.118. The van der Waals surface area contributed by atoms with Crippen molar-refractivity contribution in [3.8, 4) is 11.5 Å². The van der Waals surface area contributed by atoms with Crippen molar-refractivity contribution in [3.05, 3.63) is 66.0 Å². The van der Waals surface area contributed by atoms with Crippen molar-refractivity contribution in [1.82, 2.24) is 14.8 Å². The van der Waals surface area contributed by atoms with Crippen molar-refractivity contribution in [2.75, 3.05) is 19.1 Å². The molecule has 1 aromatic heterocycles. The lowest BCUT2D eigenvalue weighted by Gasteiger charge is -2.39. The largest absolute Gasteiger partial charge is 0.497 e. The Kier molecular flexibility index (Phi) is 4.65. The summed E-state index contributed by atoms with van der Waals surface area (Å²) in [6.45, 7) is 0. The Labute approximate surface area is 175 Å². The molecule has 1 saturated carbocycles. The molecule has 0 spiro atoms. The van der Waals surface area contributed by atoms with Crippen LogP contribution in [-0.4, -0.2) is 34.9 Å². The van der Waals surface area contributed by atoms with E-state index in [0.29, 0.717) is 12.4 Å². The van der Waals surface area contributed by atoms with Gasteiger partial charge in [-0.25, -0.2) is 4.68 Å². The van der Waals surface area contributed by atoms with E-state index in [0.717, 1.165) is 35.5 Å². The van der Waals surface area contributed by atoms with Crippen molar-refractivity contribution >= 4 is 11.9 Å². The van der Waals surface area contributed by atoms with Crippen LogP contribution in [0.25, 0.3) is 0 Å². The average molecular weight is 404 g/mol. The lowest BCUT2D eigenvalue weighted by Crippen LogP contribution is -2.43. The first kappa shape index (κ1) is 18.7. The number of methoxy groups -OCH3 is 2. The smallest absolute Gasteiger partial charge is 0.233 e. The van der Waals surface area contributed by atoms with Crippen LogP contribution in [0, 0.1) is 5.92 Å². The van der Waals surface area contributed by atoms with E-state index in [1.807, 2.05) is 46.0 Å². The minimum absolute atomic E-state index is 0.0243. The molecule has 3 aromatic rings. The molecule has 7 heteroatoms. The van der Waals surface area contributed by atoms with E-state index in [1.165, 1.54) is 6.33 Å². The maximum absolute atomic E-state index is 13.3. The van der Waals surface area contributed by atoms with Gasteiger partial charge in [0.25, 0.3) is 0 Å². The topological polar surface area (TPSA) is 69.5 Å². The van der Waals surface area contributed by atoms with Crippen molar-refractivity contribution in [3.63, 3.8) is 0 Å². The van der Waals surface area contributed by atoms with Gasteiger partial charge in [0, 0.05) is 5.92 Å². The number of carbonyl (C=O) groups is 1. The molecular weight excluding hydrogens is 380 g/mol. The monoisotopic (exact) mass is 404 g/mol. The summed E-state index contributed by atoms with van der Waals surface area (Å²) >= 11 is 0. The second-order valence-electron chi connectivity index (χ2n) is 7.80. The number of anilines is 1. The molecule has 7 nitrogen and oxygen atoms in total.